The molecule has 0 fully saturated rings. The molecule has 2 rings (SSSR count). The fourth-order valence-electron chi connectivity index (χ4n) is 2.27. The molecule has 0 aliphatic rings. The topological polar surface area (TPSA) is 62.3 Å². The van der Waals surface area contributed by atoms with E-state index in [9.17, 15) is 9.59 Å². The largest absolute Gasteiger partial charge is 0.348 e. The minimum Gasteiger partial charge on any atom is -0.348 e. The first-order chi connectivity index (χ1) is 11.6. The molecular weight excluding hydrogens is 302 g/mol. The lowest BCUT2D eigenvalue weighted by Crippen LogP contribution is -2.28. The summed E-state index contributed by atoms with van der Waals surface area (Å²) in [6.45, 7) is 3.26. The van der Waals surface area contributed by atoms with Crippen molar-refractivity contribution in [3.05, 3.63) is 65.5 Å². The molecule has 5 nitrogen and oxygen atoms in total. The quantitative estimate of drug-likeness (QED) is 0.851. The van der Waals surface area contributed by atoms with Crippen LogP contribution in [0.25, 0.3) is 0 Å². The number of amides is 2. The van der Waals surface area contributed by atoms with Gasteiger partial charge in [-0.2, -0.15) is 0 Å². The van der Waals surface area contributed by atoms with Gasteiger partial charge in [-0.15, -0.1) is 0 Å². The number of hydrogen-bond acceptors (Lipinski definition) is 3. The molecule has 0 radical (unpaired) electrons. The third kappa shape index (κ3) is 4.91. The van der Waals surface area contributed by atoms with Gasteiger partial charge < -0.3 is 10.2 Å². The van der Waals surface area contributed by atoms with E-state index in [0.717, 1.165) is 24.9 Å². The molecule has 0 unspecified atom stereocenters. The summed E-state index contributed by atoms with van der Waals surface area (Å²) in [5.41, 5.74) is 2.07. The molecule has 1 N–H and O–H groups in total. The molecule has 0 saturated carbocycles. The van der Waals surface area contributed by atoms with Crippen LogP contribution < -0.4 is 5.32 Å². The second-order valence-corrected chi connectivity index (χ2v) is 5.70. The van der Waals surface area contributed by atoms with Crippen molar-refractivity contribution in [1.82, 2.24) is 15.2 Å². The summed E-state index contributed by atoms with van der Waals surface area (Å²) in [4.78, 5) is 30.1. The number of carbonyl (C=O) groups excluding carboxylic acids is 2. The van der Waals surface area contributed by atoms with Crippen LogP contribution in [0.5, 0.6) is 0 Å². The lowest BCUT2D eigenvalue weighted by molar-refractivity contribution is 0.0792. The zero-order chi connectivity index (χ0) is 17.4. The van der Waals surface area contributed by atoms with Gasteiger partial charge in [0.05, 0.1) is 0 Å². The molecule has 0 aliphatic carbocycles. The number of aromatic nitrogens is 1. The maximum Gasteiger partial charge on any atom is 0.253 e. The van der Waals surface area contributed by atoms with Crippen molar-refractivity contribution in [2.24, 2.45) is 0 Å². The second kappa shape index (κ2) is 8.82. The Labute approximate surface area is 142 Å². The number of unbranched alkanes of at least 4 members (excludes halogenated alkanes) is 1. The summed E-state index contributed by atoms with van der Waals surface area (Å²) in [5.74, 6) is -0.192. The van der Waals surface area contributed by atoms with E-state index in [4.69, 9.17) is 0 Å². The molecule has 126 valence electrons. The summed E-state index contributed by atoms with van der Waals surface area (Å²) in [6, 6.07) is 10.5. The zero-order valence-electron chi connectivity index (χ0n) is 14.2. The van der Waals surface area contributed by atoms with E-state index in [-0.39, 0.29) is 11.8 Å². The van der Waals surface area contributed by atoms with Crippen LogP contribution in [-0.2, 0) is 6.54 Å². The van der Waals surface area contributed by atoms with E-state index >= 15 is 0 Å². The summed E-state index contributed by atoms with van der Waals surface area (Å²) < 4.78 is 0. The van der Waals surface area contributed by atoms with Crippen molar-refractivity contribution in [2.75, 3.05) is 13.6 Å². The number of nitrogens with one attached hydrogen (secondary N) is 1. The van der Waals surface area contributed by atoms with Crippen molar-refractivity contribution < 1.29 is 9.59 Å². The third-order valence-corrected chi connectivity index (χ3v) is 3.76. The highest BCUT2D eigenvalue weighted by molar-refractivity contribution is 5.97. The van der Waals surface area contributed by atoms with Crippen molar-refractivity contribution >= 4 is 11.8 Å². The van der Waals surface area contributed by atoms with E-state index in [1.54, 1.807) is 48.6 Å². The molecule has 5 heteroatoms. The highest BCUT2D eigenvalue weighted by atomic mass is 16.2. The first-order valence-electron chi connectivity index (χ1n) is 8.14. The summed E-state index contributed by atoms with van der Waals surface area (Å²) in [7, 11) is 1.80. The Hall–Kier alpha value is -2.69. The monoisotopic (exact) mass is 325 g/mol. The van der Waals surface area contributed by atoms with E-state index in [1.165, 1.54) is 0 Å². The van der Waals surface area contributed by atoms with Gasteiger partial charge in [0.1, 0.15) is 0 Å². The number of pyridine rings is 1. The van der Waals surface area contributed by atoms with Gasteiger partial charge in [-0.25, -0.2) is 0 Å². The lowest BCUT2D eigenvalue weighted by Gasteiger charge is -2.16. The van der Waals surface area contributed by atoms with Gasteiger partial charge >= 0.3 is 0 Å². The Morgan fingerprint density at radius 3 is 2.46 bits per heavy atom. The maximum atomic E-state index is 12.3. The zero-order valence-corrected chi connectivity index (χ0v) is 14.2. The number of hydrogen-bond donors (Lipinski definition) is 1. The highest BCUT2D eigenvalue weighted by Crippen LogP contribution is 2.08. The Morgan fingerprint density at radius 2 is 1.83 bits per heavy atom. The molecule has 0 saturated heterocycles. The Morgan fingerprint density at radius 1 is 1.12 bits per heavy atom. The molecule has 1 aromatic carbocycles. The number of carbonyl (C=O) groups is 2. The molecule has 24 heavy (non-hydrogen) atoms. The molecule has 1 heterocycles. The molecule has 0 aliphatic heterocycles. The second-order valence-electron chi connectivity index (χ2n) is 5.70. The average molecular weight is 325 g/mol. The lowest BCUT2D eigenvalue weighted by atomic mass is 10.1. The summed E-state index contributed by atoms with van der Waals surface area (Å²) >= 11 is 0. The first-order valence-corrected chi connectivity index (χ1v) is 8.14. The van der Waals surface area contributed by atoms with Gasteiger partial charge in [-0.3, -0.25) is 14.6 Å². The molecule has 0 atom stereocenters. The average Bonchev–Trinajstić information content (AvgIpc) is 2.64. The van der Waals surface area contributed by atoms with Crippen LogP contribution in [0.3, 0.4) is 0 Å². The van der Waals surface area contributed by atoms with Crippen LogP contribution in [0.1, 0.15) is 46.0 Å². The van der Waals surface area contributed by atoms with Gasteiger partial charge in [-0.1, -0.05) is 19.4 Å². The van der Waals surface area contributed by atoms with Crippen molar-refractivity contribution in [1.29, 1.82) is 0 Å². The van der Waals surface area contributed by atoms with Crippen molar-refractivity contribution in [2.45, 2.75) is 26.3 Å². The predicted octanol–water partition coefficient (Wildman–Crippen LogP) is 2.88. The first kappa shape index (κ1) is 17.7. The highest BCUT2D eigenvalue weighted by Gasteiger charge is 2.12. The van der Waals surface area contributed by atoms with Gasteiger partial charge in [-0.05, 0) is 42.3 Å². The predicted molar refractivity (Wildman–Crippen MR) is 93.7 cm³/mol. The van der Waals surface area contributed by atoms with Crippen LogP contribution in [0.2, 0.25) is 0 Å². The molecule has 2 aromatic rings. The molecule has 0 spiro atoms. The molecule has 1 aromatic heterocycles. The van der Waals surface area contributed by atoms with Gasteiger partial charge in [0.25, 0.3) is 11.8 Å². The number of nitrogens with zero attached hydrogens (tertiary/aromatic N) is 2. The smallest absolute Gasteiger partial charge is 0.253 e. The third-order valence-electron chi connectivity index (χ3n) is 3.76. The van der Waals surface area contributed by atoms with Crippen molar-refractivity contribution in [3.63, 3.8) is 0 Å². The van der Waals surface area contributed by atoms with Crippen LogP contribution in [0, 0.1) is 0 Å². The Kier molecular flexibility index (Phi) is 6.49. The van der Waals surface area contributed by atoms with Gasteiger partial charge in [0.15, 0.2) is 0 Å². The van der Waals surface area contributed by atoms with E-state index in [0.29, 0.717) is 17.7 Å². The minimum absolute atomic E-state index is 0.0224. The molecule has 2 amide bonds. The van der Waals surface area contributed by atoms with E-state index < -0.39 is 0 Å². The fourth-order valence-corrected chi connectivity index (χ4v) is 2.27. The summed E-state index contributed by atoms with van der Waals surface area (Å²) in [6.07, 6.45) is 5.44. The van der Waals surface area contributed by atoms with Gasteiger partial charge in [0, 0.05) is 43.7 Å². The maximum absolute atomic E-state index is 12.3. The molecule has 0 bridgehead atoms. The number of benzene rings is 1. The van der Waals surface area contributed by atoms with Crippen LogP contribution in [-0.4, -0.2) is 35.3 Å². The van der Waals surface area contributed by atoms with Crippen LogP contribution in [0.4, 0.5) is 0 Å². The van der Waals surface area contributed by atoms with E-state index in [2.05, 4.69) is 17.2 Å². The SMILES string of the molecule is CCCCN(C)C(=O)c1ccc(C(=O)NCc2cccnc2)cc1. The van der Waals surface area contributed by atoms with Gasteiger partial charge in [0.2, 0.25) is 0 Å². The number of rotatable bonds is 7. The van der Waals surface area contributed by atoms with E-state index in [1.807, 2.05) is 12.1 Å². The van der Waals surface area contributed by atoms with Crippen LogP contribution in [0.15, 0.2) is 48.8 Å². The summed E-state index contributed by atoms with van der Waals surface area (Å²) in [5, 5.41) is 2.84. The molecular formula is C19H23N3O2. The van der Waals surface area contributed by atoms with Crippen LogP contribution >= 0.6 is 0 Å². The van der Waals surface area contributed by atoms with Crippen molar-refractivity contribution in [3.8, 4) is 0 Å². The standard InChI is InChI=1S/C19H23N3O2/c1-3-4-12-22(2)19(24)17-9-7-16(8-10-17)18(23)21-14-15-6-5-11-20-13-15/h5-11,13H,3-4,12,14H2,1-2H3,(H,21,23). The minimum atomic E-state index is -0.169. The normalized spacial score (nSPS) is 10.2. The fraction of sp³-hybridized carbons (Fsp3) is 0.316. The Bertz CT molecular complexity index is 669. The Balaban J connectivity index is 1.93.